The predicted molar refractivity (Wildman–Crippen MR) is 76.9 cm³/mol. The molecule has 0 fully saturated rings. The lowest BCUT2D eigenvalue weighted by Crippen LogP contribution is -1.79. The highest BCUT2D eigenvalue weighted by Gasteiger charge is 2.04. The summed E-state index contributed by atoms with van der Waals surface area (Å²) in [6.07, 6.45) is 0. The Labute approximate surface area is 110 Å². The molecular weight excluding hydrogens is 240 g/mol. The minimum absolute atomic E-state index is 0.321. The highest BCUT2D eigenvalue weighted by molar-refractivity contribution is 7.13. The molecule has 2 aromatic carbocycles. The minimum Gasteiger partial charge on any atom is -0.507 e. The fraction of sp³-hybridized carbons (Fsp3) is 0. The molecule has 0 saturated heterocycles. The summed E-state index contributed by atoms with van der Waals surface area (Å²) in [6, 6.07) is 19.8. The molecule has 88 valence electrons. The van der Waals surface area contributed by atoms with Crippen molar-refractivity contribution in [3.05, 3.63) is 66.0 Å². The second-order valence-electron chi connectivity index (χ2n) is 4.07. The van der Waals surface area contributed by atoms with Crippen molar-refractivity contribution >= 4 is 11.3 Å². The number of thiophene rings is 1. The monoisotopic (exact) mass is 252 g/mol. The van der Waals surface area contributed by atoms with Crippen LogP contribution >= 0.6 is 11.3 Å². The van der Waals surface area contributed by atoms with Gasteiger partial charge in [-0.25, -0.2) is 0 Å². The quantitative estimate of drug-likeness (QED) is 0.695. The average molecular weight is 252 g/mol. The number of benzene rings is 2. The van der Waals surface area contributed by atoms with E-state index in [-0.39, 0.29) is 0 Å². The van der Waals surface area contributed by atoms with Crippen molar-refractivity contribution in [3.8, 4) is 27.3 Å². The highest BCUT2D eigenvalue weighted by atomic mass is 32.1. The molecule has 0 unspecified atom stereocenters. The SMILES string of the molecule is Oc1ccccc1-c1ccc(-c2cccs2)cc1. The summed E-state index contributed by atoms with van der Waals surface area (Å²) in [5.74, 6) is 0.321. The molecule has 0 atom stereocenters. The van der Waals surface area contributed by atoms with E-state index < -0.39 is 0 Å². The Hall–Kier alpha value is -2.06. The lowest BCUT2D eigenvalue weighted by Gasteiger charge is -2.05. The molecule has 0 amide bonds. The Balaban J connectivity index is 1.99. The standard InChI is InChI=1S/C16H12OS/c17-15-5-2-1-4-14(15)12-7-9-13(10-8-12)16-6-3-11-18-16/h1-11,17H. The Morgan fingerprint density at radius 1 is 0.722 bits per heavy atom. The van der Waals surface area contributed by atoms with E-state index in [1.54, 1.807) is 17.4 Å². The first kappa shape index (κ1) is 11.1. The van der Waals surface area contributed by atoms with Crippen LogP contribution in [0.5, 0.6) is 5.75 Å². The van der Waals surface area contributed by atoms with Crippen LogP contribution in [0.15, 0.2) is 66.0 Å². The average Bonchev–Trinajstić information content (AvgIpc) is 2.94. The summed E-state index contributed by atoms with van der Waals surface area (Å²) in [7, 11) is 0. The van der Waals surface area contributed by atoms with E-state index in [1.165, 1.54) is 10.4 Å². The summed E-state index contributed by atoms with van der Waals surface area (Å²) < 4.78 is 0. The molecular formula is C16H12OS. The van der Waals surface area contributed by atoms with E-state index in [1.807, 2.05) is 30.3 Å². The van der Waals surface area contributed by atoms with Gasteiger partial charge in [0, 0.05) is 10.4 Å². The van der Waals surface area contributed by atoms with Gasteiger partial charge in [-0.3, -0.25) is 0 Å². The van der Waals surface area contributed by atoms with Crippen molar-refractivity contribution in [2.75, 3.05) is 0 Å². The number of hydrogen-bond acceptors (Lipinski definition) is 2. The zero-order valence-electron chi connectivity index (χ0n) is 9.71. The molecule has 1 aromatic heterocycles. The molecule has 0 bridgehead atoms. The summed E-state index contributed by atoms with van der Waals surface area (Å²) in [6.45, 7) is 0. The van der Waals surface area contributed by atoms with Crippen LogP contribution in [0.2, 0.25) is 0 Å². The Morgan fingerprint density at radius 3 is 2.11 bits per heavy atom. The van der Waals surface area contributed by atoms with Gasteiger partial charge in [0.1, 0.15) is 5.75 Å². The van der Waals surface area contributed by atoms with E-state index in [0.717, 1.165) is 11.1 Å². The molecule has 1 heterocycles. The molecule has 2 heteroatoms. The smallest absolute Gasteiger partial charge is 0.123 e. The van der Waals surface area contributed by atoms with E-state index >= 15 is 0 Å². The molecule has 0 aliphatic rings. The van der Waals surface area contributed by atoms with Gasteiger partial charge >= 0.3 is 0 Å². The van der Waals surface area contributed by atoms with Crippen LogP contribution in [0.1, 0.15) is 0 Å². The van der Waals surface area contributed by atoms with Crippen molar-refractivity contribution in [1.29, 1.82) is 0 Å². The number of hydrogen-bond donors (Lipinski definition) is 1. The van der Waals surface area contributed by atoms with E-state index in [0.29, 0.717) is 5.75 Å². The maximum atomic E-state index is 9.82. The normalized spacial score (nSPS) is 10.4. The van der Waals surface area contributed by atoms with Gasteiger partial charge in [0.15, 0.2) is 0 Å². The van der Waals surface area contributed by atoms with E-state index in [2.05, 4.69) is 29.6 Å². The Kier molecular flexibility index (Phi) is 2.87. The van der Waals surface area contributed by atoms with Gasteiger partial charge in [-0.05, 0) is 28.6 Å². The lowest BCUT2D eigenvalue weighted by atomic mass is 10.0. The molecule has 0 aliphatic carbocycles. The van der Waals surface area contributed by atoms with Gasteiger partial charge in [0.05, 0.1) is 0 Å². The molecule has 0 radical (unpaired) electrons. The van der Waals surface area contributed by atoms with Crippen LogP contribution in [-0.2, 0) is 0 Å². The molecule has 0 saturated carbocycles. The summed E-state index contributed by atoms with van der Waals surface area (Å²) >= 11 is 1.73. The second kappa shape index (κ2) is 4.67. The molecule has 0 aliphatic heterocycles. The van der Waals surface area contributed by atoms with Crippen molar-refractivity contribution in [2.45, 2.75) is 0 Å². The third kappa shape index (κ3) is 2.03. The molecule has 3 aromatic rings. The van der Waals surface area contributed by atoms with Gasteiger partial charge in [0.25, 0.3) is 0 Å². The molecule has 1 nitrogen and oxygen atoms in total. The molecule has 3 rings (SSSR count). The zero-order valence-corrected chi connectivity index (χ0v) is 10.5. The van der Waals surface area contributed by atoms with Crippen LogP contribution in [0.3, 0.4) is 0 Å². The van der Waals surface area contributed by atoms with E-state index in [4.69, 9.17) is 0 Å². The van der Waals surface area contributed by atoms with Crippen LogP contribution < -0.4 is 0 Å². The Morgan fingerprint density at radius 2 is 1.44 bits per heavy atom. The van der Waals surface area contributed by atoms with Gasteiger partial charge < -0.3 is 5.11 Å². The zero-order chi connectivity index (χ0) is 12.4. The maximum Gasteiger partial charge on any atom is 0.123 e. The first-order chi connectivity index (χ1) is 8.84. The van der Waals surface area contributed by atoms with Crippen molar-refractivity contribution in [3.63, 3.8) is 0 Å². The highest BCUT2D eigenvalue weighted by Crippen LogP contribution is 2.31. The fourth-order valence-corrected chi connectivity index (χ4v) is 2.71. The topological polar surface area (TPSA) is 20.2 Å². The number of para-hydroxylation sites is 1. The van der Waals surface area contributed by atoms with Crippen molar-refractivity contribution in [1.82, 2.24) is 0 Å². The lowest BCUT2D eigenvalue weighted by molar-refractivity contribution is 0.477. The third-order valence-corrected chi connectivity index (χ3v) is 3.82. The number of phenols is 1. The number of aromatic hydroxyl groups is 1. The molecule has 18 heavy (non-hydrogen) atoms. The van der Waals surface area contributed by atoms with Crippen molar-refractivity contribution in [2.24, 2.45) is 0 Å². The van der Waals surface area contributed by atoms with Gasteiger partial charge in [0.2, 0.25) is 0 Å². The summed E-state index contributed by atoms with van der Waals surface area (Å²) in [5.41, 5.74) is 3.12. The molecule has 0 spiro atoms. The summed E-state index contributed by atoms with van der Waals surface area (Å²) in [4.78, 5) is 1.26. The van der Waals surface area contributed by atoms with Crippen LogP contribution in [-0.4, -0.2) is 5.11 Å². The second-order valence-corrected chi connectivity index (χ2v) is 5.02. The van der Waals surface area contributed by atoms with E-state index in [9.17, 15) is 5.11 Å². The molecule has 1 N–H and O–H groups in total. The predicted octanol–water partition coefficient (Wildman–Crippen LogP) is 4.79. The first-order valence-corrected chi connectivity index (χ1v) is 6.65. The van der Waals surface area contributed by atoms with Crippen LogP contribution in [0.25, 0.3) is 21.6 Å². The Bertz CT molecular complexity index is 639. The maximum absolute atomic E-state index is 9.82. The van der Waals surface area contributed by atoms with Gasteiger partial charge in [-0.2, -0.15) is 0 Å². The largest absolute Gasteiger partial charge is 0.507 e. The van der Waals surface area contributed by atoms with Crippen LogP contribution in [0.4, 0.5) is 0 Å². The van der Waals surface area contributed by atoms with Crippen LogP contribution in [0, 0.1) is 0 Å². The fourth-order valence-electron chi connectivity index (χ4n) is 1.97. The third-order valence-electron chi connectivity index (χ3n) is 2.91. The first-order valence-electron chi connectivity index (χ1n) is 5.77. The van der Waals surface area contributed by atoms with Gasteiger partial charge in [-0.15, -0.1) is 11.3 Å². The number of phenolic OH excluding ortho intramolecular Hbond substituents is 1. The minimum atomic E-state index is 0.321. The summed E-state index contributed by atoms with van der Waals surface area (Å²) in [5, 5.41) is 11.9. The van der Waals surface area contributed by atoms with Crippen molar-refractivity contribution < 1.29 is 5.11 Å². The van der Waals surface area contributed by atoms with Gasteiger partial charge in [-0.1, -0.05) is 48.5 Å². The number of rotatable bonds is 2.